The molecule has 0 spiro atoms. The van der Waals surface area contributed by atoms with Crippen molar-refractivity contribution in [1.29, 1.82) is 0 Å². The molecule has 1 aromatic rings. The van der Waals surface area contributed by atoms with Crippen LogP contribution in [0.15, 0.2) is 30.3 Å². The lowest BCUT2D eigenvalue weighted by Gasteiger charge is -2.30. The Bertz CT molecular complexity index is 299. The van der Waals surface area contributed by atoms with Gasteiger partial charge in [-0.25, -0.2) is 0 Å². The number of ether oxygens (including phenoxy) is 2. The highest BCUT2D eigenvalue weighted by molar-refractivity contribution is 5.16. The van der Waals surface area contributed by atoms with Crippen molar-refractivity contribution < 1.29 is 14.6 Å². The van der Waals surface area contributed by atoms with Crippen LogP contribution >= 0.6 is 0 Å². The third-order valence-corrected chi connectivity index (χ3v) is 2.78. The van der Waals surface area contributed by atoms with Gasteiger partial charge in [0.25, 0.3) is 0 Å². The van der Waals surface area contributed by atoms with Gasteiger partial charge in [-0.05, 0) is 19.3 Å². The molecule has 3 heteroatoms. The summed E-state index contributed by atoms with van der Waals surface area (Å²) in [5.41, 5.74) is 1.07. The number of aliphatic hydroxyl groups is 1. The van der Waals surface area contributed by atoms with Crippen molar-refractivity contribution in [3.8, 4) is 0 Å². The van der Waals surface area contributed by atoms with Gasteiger partial charge in [-0.1, -0.05) is 30.3 Å². The van der Waals surface area contributed by atoms with Gasteiger partial charge in [0.15, 0.2) is 6.29 Å². The highest BCUT2D eigenvalue weighted by Crippen LogP contribution is 2.27. The van der Waals surface area contributed by atoms with Crippen LogP contribution in [-0.2, 0) is 9.47 Å². The zero-order chi connectivity index (χ0) is 11.2. The van der Waals surface area contributed by atoms with Gasteiger partial charge >= 0.3 is 0 Å². The Kier molecular flexibility index (Phi) is 4.34. The van der Waals surface area contributed by atoms with Crippen LogP contribution in [0.1, 0.15) is 31.1 Å². The first-order chi connectivity index (χ1) is 7.90. The van der Waals surface area contributed by atoms with E-state index < -0.39 is 0 Å². The lowest BCUT2D eigenvalue weighted by Crippen LogP contribution is -2.27. The maximum absolute atomic E-state index is 8.79. The minimum atomic E-state index is -0.237. The fourth-order valence-corrected chi connectivity index (χ4v) is 1.90. The number of benzene rings is 1. The summed E-state index contributed by atoms with van der Waals surface area (Å²) in [7, 11) is 0. The van der Waals surface area contributed by atoms with E-state index in [0.29, 0.717) is 0 Å². The molecule has 1 N–H and O–H groups in total. The maximum Gasteiger partial charge on any atom is 0.184 e. The molecule has 1 aliphatic rings. The van der Waals surface area contributed by atoms with Gasteiger partial charge in [0, 0.05) is 12.2 Å². The van der Waals surface area contributed by atoms with Gasteiger partial charge in [-0.3, -0.25) is 0 Å². The van der Waals surface area contributed by atoms with Crippen molar-refractivity contribution in [3.63, 3.8) is 0 Å². The van der Waals surface area contributed by atoms with Gasteiger partial charge in [-0.2, -0.15) is 0 Å². The van der Waals surface area contributed by atoms with Crippen molar-refractivity contribution in [3.05, 3.63) is 35.9 Å². The molecule has 1 aromatic carbocycles. The predicted octanol–water partition coefficient (Wildman–Crippen LogP) is 2.26. The molecule has 0 bridgehead atoms. The smallest absolute Gasteiger partial charge is 0.184 e. The summed E-state index contributed by atoms with van der Waals surface area (Å²) in [4.78, 5) is 0. The van der Waals surface area contributed by atoms with Crippen molar-refractivity contribution in [2.75, 3.05) is 13.2 Å². The first-order valence-corrected chi connectivity index (χ1v) is 5.83. The van der Waals surface area contributed by atoms with E-state index in [0.717, 1.165) is 31.4 Å². The zero-order valence-corrected chi connectivity index (χ0v) is 9.34. The quantitative estimate of drug-likeness (QED) is 0.849. The summed E-state index contributed by atoms with van der Waals surface area (Å²) in [5, 5.41) is 8.79. The number of hydrogen-bond donors (Lipinski definition) is 1. The Hall–Kier alpha value is -0.900. The monoisotopic (exact) mass is 222 g/mol. The second kappa shape index (κ2) is 5.99. The van der Waals surface area contributed by atoms with Gasteiger partial charge in [-0.15, -0.1) is 0 Å². The molecule has 0 saturated carbocycles. The Morgan fingerprint density at radius 1 is 1.25 bits per heavy atom. The molecule has 0 amide bonds. The van der Waals surface area contributed by atoms with Crippen LogP contribution in [-0.4, -0.2) is 24.4 Å². The first kappa shape index (κ1) is 11.6. The molecule has 3 nitrogen and oxygen atoms in total. The van der Waals surface area contributed by atoms with Gasteiger partial charge in [0.2, 0.25) is 0 Å². The minimum Gasteiger partial charge on any atom is -0.396 e. The van der Waals surface area contributed by atoms with E-state index >= 15 is 0 Å². The molecule has 1 saturated heterocycles. The summed E-state index contributed by atoms with van der Waals surface area (Å²) in [6.07, 6.45) is 2.60. The molecule has 1 fully saturated rings. The van der Waals surface area contributed by atoms with E-state index in [-0.39, 0.29) is 19.0 Å². The summed E-state index contributed by atoms with van der Waals surface area (Å²) in [6.45, 7) is 0.965. The summed E-state index contributed by atoms with van der Waals surface area (Å²) in [6, 6.07) is 9.98. The first-order valence-electron chi connectivity index (χ1n) is 5.83. The molecular weight excluding hydrogens is 204 g/mol. The lowest BCUT2D eigenvalue weighted by molar-refractivity contribution is -0.218. The van der Waals surface area contributed by atoms with E-state index in [1.54, 1.807) is 0 Å². The van der Waals surface area contributed by atoms with Crippen molar-refractivity contribution in [2.45, 2.75) is 31.7 Å². The van der Waals surface area contributed by atoms with Crippen LogP contribution in [0.3, 0.4) is 0 Å². The minimum absolute atomic E-state index is 0.214. The van der Waals surface area contributed by atoms with Crippen LogP contribution < -0.4 is 0 Å². The fourth-order valence-electron chi connectivity index (χ4n) is 1.90. The molecule has 2 rings (SSSR count). The average molecular weight is 222 g/mol. The zero-order valence-electron chi connectivity index (χ0n) is 9.34. The van der Waals surface area contributed by atoms with Crippen LogP contribution in [0.5, 0.6) is 0 Å². The van der Waals surface area contributed by atoms with Crippen molar-refractivity contribution in [1.82, 2.24) is 0 Å². The number of aliphatic hydroxyl groups excluding tert-OH is 1. The standard InChI is InChI=1S/C13H18O3/c14-9-4-7-12-8-10-15-13(16-12)11-5-2-1-3-6-11/h1-3,5-6,12-14H,4,7-10H2/t12-,13+/m1/s1. The van der Waals surface area contributed by atoms with Crippen LogP contribution in [0.2, 0.25) is 0 Å². The van der Waals surface area contributed by atoms with Crippen LogP contribution in [0.25, 0.3) is 0 Å². The van der Waals surface area contributed by atoms with Crippen LogP contribution in [0, 0.1) is 0 Å². The van der Waals surface area contributed by atoms with Gasteiger partial charge < -0.3 is 14.6 Å². The second-order valence-corrected chi connectivity index (χ2v) is 4.03. The van der Waals surface area contributed by atoms with Crippen molar-refractivity contribution >= 4 is 0 Å². The summed E-state index contributed by atoms with van der Waals surface area (Å²) in [5.74, 6) is 0. The highest BCUT2D eigenvalue weighted by atomic mass is 16.7. The largest absolute Gasteiger partial charge is 0.396 e. The normalized spacial score (nSPS) is 25.6. The average Bonchev–Trinajstić information content (AvgIpc) is 2.38. The summed E-state index contributed by atoms with van der Waals surface area (Å²) >= 11 is 0. The molecule has 0 unspecified atom stereocenters. The molecule has 2 atom stereocenters. The van der Waals surface area contributed by atoms with E-state index in [4.69, 9.17) is 14.6 Å². The van der Waals surface area contributed by atoms with E-state index in [1.165, 1.54) is 0 Å². The Balaban J connectivity index is 1.91. The topological polar surface area (TPSA) is 38.7 Å². The number of rotatable bonds is 4. The molecular formula is C13H18O3. The third kappa shape index (κ3) is 3.04. The fraction of sp³-hybridized carbons (Fsp3) is 0.538. The maximum atomic E-state index is 8.79. The molecule has 16 heavy (non-hydrogen) atoms. The Morgan fingerprint density at radius 2 is 2.06 bits per heavy atom. The third-order valence-electron chi connectivity index (χ3n) is 2.78. The highest BCUT2D eigenvalue weighted by Gasteiger charge is 2.23. The van der Waals surface area contributed by atoms with Gasteiger partial charge in [0.1, 0.15) is 0 Å². The number of hydrogen-bond acceptors (Lipinski definition) is 3. The van der Waals surface area contributed by atoms with E-state index in [9.17, 15) is 0 Å². The Morgan fingerprint density at radius 3 is 2.81 bits per heavy atom. The Labute approximate surface area is 96.0 Å². The predicted molar refractivity (Wildman–Crippen MR) is 60.9 cm³/mol. The van der Waals surface area contributed by atoms with E-state index in [2.05, 4.69) is 0 Å². The SMILES string of the molecule is OCCC[C@@H]1CCO[C@H](c2ccccc2)O1. The van der Waals surface area contributed by atoms with Gasteiger partial charge in [0.05, 0.1) is 12.7 Å². The van der Waals surface area contributed by atoms with E-state index in [1.807, 2.05) is 30.3 Å². The van der Waals surface area contributed by atoms with Crippen molar-refractivity contribution in [2.24, 2.45) is 0 Å². The molecule has 88 valence electrons. The molecule has 0 radical (unpaired) electrons. The lowest BCUT2D eigenvalue weighted by atomic mass is 10.1. The van der Waals surface area contributed by atoms with Crippen LogP contribution in [0.4, 0.5) is 0 Å². The molecule has 1 heterocycles. The molecule has 0 aliphatic carbocycles. The summed E-state index contributed by atoms with van der Waals surface area (Å²) < 4.78 is 11.4. The molecule has 1 aliphatic heterocycles. The molecule has 0 aromatic heterocycles. The second-order valence-electron chi connectivity index (χ2n) is 4.03.